The smallest absolute Gasteiger partial charge is 0.163 e. The molecule has 2 N–H and O–H groups in total. The van der Waals surface area contributed by atoms with Gasteiger partial charge in [-0.2, -0.15) is 5.10 Å². The minimum Gasteiger partial charge on any atom is -0.486 e. The van der Waals surface area contributed by atoms with Gasteiger partial charge in [-0.25, -0.2) is 9.67 Å². The summed E-state index contributed by atoms with van der Waals surface area (Å²) in [4.78, 5) is 4.73. The van der Waals surface area contributed by atoms with E-state index in [0.717, 1.165) is 61.1 Å². The van der Waals surface area contributed by atoms with Crippen LogP contribution in [-0.4, -0.2) is 46.7 Å². The van der Waals surface area contributed by atoms with Gasteiger partial charge < -0.3 is 19.9 Å². The first kappa shape index (κ1) is 18.3. The first-order chi connectivity index (χ1) is 13.2. The van der Waals surface area contributed by atoms with Crippen LogP contribution >= 0.6 is 0 Å². The molecule has 1 saturated carbocycles. The van der Waals surface area contributed by atoms with Gasteiger partial charge in [-0.15, -0.1) is 0 Å². The molecule has 4 rings (SSSR count). The Morgan fingerprint density at radius 2 is 2.04 bits per heavy atom. The van der Waals surface area contributed by atoms with Crippen molar-refractivity contribution in [1.29, 1.82) is 0 Å². The Morgan fingerprint density at radius 1 is 1.22 bits per heavy atom. The molecule has 0 radical (unpaired) electrons. The van der Waals surface area contributed by atoms with Gasteiger partial charge in [0.2, 0.25) is 0 Å². The van der Waals surface area contributed by atoms with Crippen LogP contribution in [0.15, 0.2) is 18.2 Å². The SMILES string of the molecule is CCCO[C@@H]1CC[C@H](c2nc(C)nn2-c2ccc3c(c2)OCCO3)C[C@H]1N. The number of rotatable bonds is 5. The molecular weight excluding hydrogens is 344 g/mol. The lowest BCUT2D eigenvalue weighted by Gasteiger charge is -2.33. The third-order valence-corrected chi connectivity index (χ3v) is 5.24. The molecule has 0 amide bonds. The minimum absolute atomic E-state index is 0.0287. The maximum absolute atomic E-state index is 6.42. The van der Waals surface area contributed by atoms with Gasteiger partial charge in [0, 0.05) is 24.6 Å². The van der Waals surface area contributed by atoms with Crippen molar-refractivity contribution in [3.05, 3.63) is 29.8 Å². The van der Waals surface area contributed by atoms with Crippen LogP contribution in [-0.2, 0) is 4.74 Å². The van der Waals surface area contributed by atoms with E-state index in [1.165, 1.54) is 0 Å². The van der Waals surface area contributed by atoms with E-state index in [-0.39, 0.29) is 18.1 Å². The maximum Gasteiger partial charge on any atom is 0.163 e. The zero-order valence-corrected chi connectivity index (χ0v) is 16.1. The lowest BCUT2D eigenvalue weighted by atomic mass is 9.83. The molecule has 2 heterocycles. The van der Waals surface area contributed by atoms with Crippen LogP contribution in [0, 0.1) is 6.92 Å². The Bertz CT molecular complexity index is 792. The van der Waals surface area contributed by atoms with Crippen molar-refractivity contribution in [1.82, 2.24) is 14.8 Å². The third-order valence-electron chi connectivity index (χ3n) is 5.24. The van der Waals surface area contributed by atoms with Crippen LogP contribution in [0.25, 0.3) is 5.69 Å². The van der Waals surface area contributed by atoms with Crippen LogP contribution in [0.5, 0.6) is 11.5 Å². The van der Waals surface area contributed by atoms with Crippen molar-refractivity contribution in [2.24, 2.45) is 5.73 Å². The summed E-state index contributed by atoms with van der Waals surface area (Å²) in [6, 6.07) is 5.94. The Labute approximate surface area is 159 Å². The summed E-state index contributed by atoms with van der Waals surface area (Å²) in [7, 11) is 0. The van der Waals surface area contributed by atoms with E-state index < -0.39 is 0 Å². The van der Waals surface area contributed by atoms with Gasteiger partial charge >= 0.3 is 0 Å². The topological polar surface area (TPSA) is 84.4 Å². The number of aryl methyl sites for hydroxylation is 1. The maximum atomic E-state index is 6.42. The van der Waals surface area contributed by atoms with Crippen LogP contribution < -0.4 is 15.2 Å². The van der Waals surface area contributed by atoms with Gasteiger partial charge in [0.15, 0.2) is 11.5 Å². The monoisotopic (exact) mass is 372 g/mol. The Hall–Kier alpha value is -2.12. The second-order valence-electron chi connectivity index (χ2n) is 7.34. The van der Waals surface area contributed by atoms with E-state index >= 15 is 0 Å². The fraction of sp³-hybridized carbons (Fsp3) is 0.600. The molecule has 1 aliphatic heterocycles. The quantitative estimate of drug-likeness (QED) is 0.869. The van der Waals surface area contributed by atoms with Crippen LogP contribution in [0.4, 0.5) is 0 Å². The predicted molar refractivity (Wildman–Crippen MR) is 102 cm³/mol. The highest BCUT2D eigenvalue weighted by atomic mass is 16.6. The van der Waals surface area contributed by atoms with Crippen molar-refractivity contribution < 1.29 is 14.2 Å². The lowest BCUT2D eigenvalue weighted by Crippen LogP contribution is -2.42. The van der Waals surface area contributed by atoms with E-state index in [0.29, 0.717) is 13.2 Å². The molecule has 2 aromatic rings. The van der Waals surface area contributed by atoms with Gasteiger partial charge in [0.05, 0.1) is 11.8 Å². The Kier molecular flexibility index (Phi) is 5.31. The summed E-state index contributed by atoms with van der Waals surface area (Å²) in [5.41, 5.74) is 7.35. The van der Waals surface area contributed by atoms with Crippen molar-refractivity contribution in [2.75, 3.05) is 19.8 Å². The zero-order chi connectivity index (χ0) is 18.8. The first-order valence-corrected chi connectivity index (χ1v) is 9.86. The summed E-state index contributed by atoms with van der Waals surface area (Å²) in [5.74, 6) is 3.53. The van der Waals surface area contributed by atoms with Crippen LogP contribution in [0.1, 0.15) is 50.2 Å². The molecule has 0 saturated heterocycles. The standard InChI is InChI=1S/C20H28N4O3/c1-3-8-25-17-6-4-14(11-16(17)21)20-22-13(2)23-24(20)15-5-7-18-19(12-15)27-10-9-26-18/h5,7,12,14,16-17H,3-4,6,8-11,21H2,1-2H3/t14-,16+,17+/m0/s1. The minimum atomic E-state index is 0.0287. The lowest BCUT2D eigenvalue weighted by molar-refractivity contribution is 0.0108. The molecule has 0 bridgehead atoms. The van der Waals surface area contributed by atoms with Crippen molar-refractivity contribution in [2.45, 2.75) is 57.6 Å². The van der Waals surface area contributed by atoms with E-state index in [2.05, 4.69) is 12.0 Å². The molecule has 1 aliphatic carbocycles. The zero-order valence-electron chi connectivity index (χ0n) is 16.1. The number of hydrogen-bond acceptors (Lipinski definition) is 6. The molecular formula is C20H28N4O3. The largest absolute Gasteiger partial charge is 0.486 e. The number of hydrogen-bond donors (Lipinski definition) is 1. The highest BCUT2D eigenvalue weighted by Crippen LogP contribution is 2.36. The average Bonchev–Trinajstić information content (AvgIpc) is 3.08. The molecule has 146 valence electrons. The van der Waals surface area contributed by atoms with Crippen LogP contribution in [0.2, 0.25) is 0 Å². The number of benzene rings is 1. The van der Waals surface area contributed by atoms with Gasteiger partial charge in [0.1, 0.15) is 24.9 Å². The molecule has 1 aromatic heterocycles. The Morgan fingerprint density at radius 3 is 2.81 bits per heavy atom. The van der Waals surface area contributed by atoms with Crippen molar-refractivity contribution in [3.63, 3.8) is 0 Å². The molecule has 27 heavy (non-hydrogen) atoms. The number of fused-ring (bicyclic) bond motifs is 1. The van der Waals surface area contributed by atoms with Gasteiger partial charge in [-0.1, -0.05) is 6.92 Å². The molecule has 0 unspecified atom stereocenters. The average molecular weight is 372 g/mol. The summed E-state index contributed by atoms with van der Waals surface area (Å²) in [6.07, 6.45) is 3.98. The molecule has 2 aliphatic rings. The molecule has 7 heteroatoms. The summed E-state index contributed by atoms with van der Waals surface area (Å²) in [6.45, 7) is 5.97. The predicted octanol–water partition coefficient (Wildman–Crippen LogP) is 2.74. The molecule has 1 aromatic carbocycles. The van der Waals surface area contributed by atoms with Gasteiger partial charge in [0.25, 0.3) is 0 Å². The van der Waals surface area contributed by atoms with Crippen molar-refractivity contribution in [3.8, 4) is 17.2 Å². The number of ether oxygens (including phenoxy) is 3. The van der Waals surface area contributed by atoms with E-state index in [9.17, 15) is 0 Å². The first-order valence-electron chi connectivity index (χ1n) is 9.86. The van der Waals surface area contributed by atoms with Gasteiger partial charge in [-0.05, 0) is 44.7 Å². The molecule has 1 fully saturated rings. The highest BCUT2D eigenvalue weighted by Gasteiger charge is 2.32. The summed E-state index contributed by atoms with van der Waals surface area (Å²) in [5, 5.41) is 4.64. The van der Waals surface area contributed by atoms with Gasteiger partial charge in [-0.3, -0.25) is 0 Å². The molecule has 0 spiro atoms. The van der Waals surface area contributed by atoms with Crippen LogP contribution in [0.3, 0.4) is 0 Å². The van der Waals surface area contributed by atoms with E-state index in [4.69, 9.17) is 24.9 Å². The second kappa shape index (κ2) is 7.86. The number of aromatic nitrogens is 3. The fourth-order valence-corrected chi connectivity index (χ4v) is 3.94. The van der Waals surface area contributed by atoms with E-state index in [1.807, 2.05) is 29.8 Å². The fourth-order valence-electron chi connectivity index (χ4n) is 3.94. The normalized spacial score (nSPS) is 24.8. The Balaban J connectivity index is 1.57. The van der Waals surface area contributed by atoms with Crippen molar-refractivity contribution >= 4 is 0 Å². The third kappa shape index (κ3) is 3.80. The second-order valence-corrected chi connectivity index (χ2v) is 7.34. The number of nitrogens with zero attached hydrogens (tertiary/aromatic N) is 3. The molecule has 3 atom stereocenters. The molecule has 7 nitrogen and oxygen atoms in total. The highest BCUT2D eigenvalue weighted by molar-refractivity contribution is 5.49. The summed E-state index contributed by atoms with van der Waals surface area (Å²) < 4.78 is 19.2. The van der Waals surface area contributed by atoms with E-state index in [1.54, 1.807) is 0 Å². The number of nitrogens with two attached hydrogens (primary N) is 1. The summed E-state index contributed by atoms with van der Waals surface area (Å²) >= 11 is 0.